The Kier molecular flexibility index (Phi) is 4.17. The van der Waals surface area contributed by atoms with Crippen molar-refractivity contribution in [2.24, 2.45) is 0 Å². The highest BCUT2D eigenvalue weighted by Gasteiger charge is 2.15. The number of anilines is 1. The van der Waals surface area contributed by atoms with Gasteiger partial charge in [0.2, 0.25) is 0 Å². The van der Waals surface area contributed by atoms with Gasteiger partial charge in [-0.3, -0.25) is 0 Å². The molecule has 6 heteroatoms. The Labute approximate surface area is 128 Å². The highest BCUT2D eigenvalue weighted by atomic mass is 32.1. The van der Waals surface area contributed by atoms with Gasteiger partial charge in [-0.15, -0.1) is 11.3 Å². The lowest BCUT2D eigenvalue weighted by molar-refractivity contribution is 0.701. The minimum absolute atomic E-state index is 0.770. The Morgan fingerprint density at radius 3 is 3.05 bits per heavy atom. The number of hydrogen-bond acceptors (Lipinski definition) is 5. The topological polar surface area (TPSA) is 45.5 Å². The Morgan fingerprint density at radius 1 is 1.38 bits per heavy atom. The molecule has 0 fully saturated rings. The normalized spacial score (nSPS) is 11.1. The van der Waals surface area contributed by atoms with Crippen molar-refractivity contribution in [1.29, 1.82) is 0 Å². The second kappa shape index (κ2) is 6.24. The predicted octanol–water partition coefficient (Wildman–Crippen LogP) is 2.54. The molecule has 3 heterocycles. The third-order valence-corrected chi connectivity index (χ3v) is 4.03. The van der Waals surface area contributed by atoms with Crippen molar-refractivity contribution < 1.29 is 0 Å². The van der Waals surface area contributed by atoms with Crippen LogP contribution in [0, 0.1) is 0 Å². The van der Waals surface area contributed by atoms with Crippen molar-refractivity contribution in [1.82, 2.24) is 19.7 Å². The molecule has 1 N–H and O–H groups in total. The average Bonchev–Trinajstić information content (AvgIpc) is 3.12. The summed E-state index contributed by atoms with van der Waals surface area (Å²) in [6, 6.07) is 6.09. The molecule has 0 aliphatic heterocycles. The molecular weight excluding hydrogens is 282 g/mol. The maximum Gasteiger partial charge on any atom is 0.152 e. The quantitative estimate of drug-likeness (QED) is 0.760. The largest absolute Gasteiger partial charge is 0.352 e. The molecule has 0 unspecified atom stereocenters. The first-order valence-electron chi connectivity index (χ1n) is 7.04. The van der Waals surface area contributed by atoms with Crippen LogP contribution in [0.15, 0.2) is 35.3 Å². The Balaban J connectivity index is 1.95. The summed E-state index contributed by atoms with van der Waals surface area (Å²) < 4.78 is 2.15. The van der Waals surface area contributed by atoms with Gasteiger partial charge < -0.3 is 14.6 Å². The minimum atomic E-state index is 0.770. The van der Waals surface area contributed by atoms with Crippen LogP contribution in [0.5, 0.6) is 0 Å². The number of hydrogen-bond donors (Lipinski definition) is 1. The van der Waals surface area contributed by atoms with E-state index in [9.17, 15) is 0 Å². The zero-order valence-electron chi connectivity index (χ0n) is 12.3. The molecular formula is C15H19N5S. The van der Waals surface area contributed by atoms with Gasteiger partial charge in [0, 0.05) is 25.2 Å². The van der Waals surface area contributed by atoms with Crippen LogP contribution >= 0.6 is 11.3 Å². The molecule has 0 bridgehead atoms. The average molecular weight is 301 g/mol. The van der Waals surface area contributed by atoms with Crippen LogP contribution in [0.3, 0.4) is 0 Å². The van der Waals surface area contributed by atoms with Crippen molar-refractivity contribution in [3.8, 4) is 0 Å². The SMILES string of the molecule is CCNCc1c(N(C)Cc2cscn2)nc2ccccn12. The van der Waals surface area contributed by atoms with E-state index in [2.05, 4.69) is 45.1 Å². The molecule has 110 valence electrons. The number of pyridine rings is 1. The van der Waals surface area contributed by atoms with Crippen molar-refractivity contribution in [3.63, 3.8) is 0 Å². The monoisotopic (exact) mass is 301 g/mol. The highest BCUT2D eigenvalue weighted by Crippen LogP contribution is 2.22. The zero-order valence-corrected chi connectivity index (χ0v) is 13.1. The number of nitrogens with one attached hydrogen (secondary N) is 1. The van der Waals surface area contributed by atoms with Crippen molar-refractivity contribution in [3.05, 3.63) is 46.7 Å². The van der Waals surface area contributed by atoms with E-state index in [0.717, 1.165) is 36.8 Å². The summed E-state index contributed by atoms with van der Waals surface area (Å²) in [6.45, 7) is 4.63. The van der Waals surface area contributed by atoms with E-state index in [0.29, 0.717) is 0 Å². The molecule has 0 atom stereocenters. The van der Waals surface area contributed by atoms with Crippen molar-refractivity contribution >= 4 is 22.8 Å². The lowest BCUT2D eigenvalue weighted by Crippen LogP contribution is -2.21. The van der Waals surface area contributed by atoms with Gasteiger partial charge in [-0.25, -0.2) is 9.97 Å². The Bertz CT molecular complexity index is 704. The molecule has 0 aromatic carbocycles. The standard InChI is InChI=1S/C15H19N5S/c1-3-16-8-13-15(18-14-6-4-5-7-20(13)14)19(2)9-12-10-21-11-17-12/h4-7,10-11,16H,3,8-9H2,1-2H3. The molecule has 0 spiro atoms. The van der Waals surface area contributed by atoms with Gasteiger partial charge in [-0.1, -0.05) is 13.0 Å². The second-order valence-corrected chi connectivity index (χ2v) is 5.65. The molecule has 3 rings (SSSR count). The zero-order chi connectivity index (χ0) is 14.7. The van der Waals surface area contributed by atoms with Crippen LogP contribution in [0.4, 0.5) is 5.82 Å². The van der Waals surface area contributed by atoms with Gasteiger partial charge in [-0.05, 0) is 18.7 Å². The summed E-state index contributed by atoms with van der Waals surface area (Å²) in [5, 5.41) is 5.48. The second-order valence-electron chi connectivity index (χ2n) is 4.93. The highest BCUT2D eigenvalue weighted by molar-refractivity contribution is 7.07. The summed E-state index contributed by atoms with van der Waals surface area (Å²) >= 11 is 1.62. The Morgan fingerprint density at radius 2 is 2.29 bits per heavy atom. The Hall–Kier alpha value is -1.92. The molecule has 0 radical (unpaired) electrons. The van der Waals surface area contributed by atoms with E-state index in [1.807, 2.05) is 23.7 Å². The minimum Gasteiger partial charge on any atom is -0.352 e. The van der Waals surface area contributed by atoms with E-state index in [-0.39, 0.29) is 0 Å². The fourth-order valence-electron chi connectivity index (χ4n) is 2.38. The lowest BCUT2D eigenvalue weighted by Gasteiger charge is -2.17. The number of aromatic nitrogens is 3. The molecule has 21 heavy (non-hydrogen) atoms. The van der Waals surface area contributed by atoms with Gasteiger partial charge in [0.25, 0.3) is 0 Å². The van der Waals surface area contributed by atoms with E-state index in [4.69, 9.17) is 4.98 Å². The van der Waals surface area contributed by atoms with Crippen LogP contribution in [-0.2, 0) is 13.1 Å². The summed E-state index contributed by atoms with van der Waals surface area (Å²) in [4.78, 5) is 11.3. The van der Waals surface area contributed by atoms with Gasteiger partial charge >= 0.3 is 0 Å². The van der Waals surface area contributed by atoms with Crippen LogP contribution in [0.1, 0.15) is 18.3 Å². The molecule has 0 saturated heterocycles. The first kappa shape index (κ1) is 14.0. The van der Waals surface area contributed by atoms with E-state index in [1.165, 1.54) is 5.69 Å². The molecule has 0 aliphatic rings. The van der Waals surface area contributed by atoms with Crippen molar-refractivity contribution in [2.45, 2.75) is 20.0 Å². The van der Waals surface area contributed by atoms with Crippen LogP contribution < -0.4 is 10.2 Å². The van der Waals surface area contributed by atoms with E-state index >= 15 is 0 Å². The van der Waals surface area contributed by atoms with Crippen LogP contribution in [-0.4, -0.2) is 28.0 Å². The summed E-state index contributed by atoms with van der Waals surface area (Å²) in [5.74, 6) is 1.01. The smallest absolute Gasteiger partial charge is 0.152 e. The fourth-order valence-corrected chi connectivity index (χ4v) is 2.93. The maximum atomic E-state index is 4.77. The summed E-state index contributed by atoms with van der Waals surface area (Å²) in [6.07, 6.45) is 2.06. The molecule has 0 aliphatic carbocycles. The molecule has 0 amide bonds. The van der Waals surface area contributed by atoms with Gasteiger partial charge in [0.1, 0.15) is 5.65 Å². The van der Waals surface area contributed by atoms with Gasteiger partial charge in [0.15, 0.2) is 5.82 Å². The summed E-state index contributed by atoms with van der Waals surface area (Å²) in [5.41, 5.74) is 5.11. The summed E-state index contributed by atoms with van der Waals surface area (Å²) in [7, 11) is 2.07. The van der Waals surface area contributed by atoms with Crippen LogP contribution in [0.2, 0.25) is 0 Å². The van der Waals surface area contributed by atoms with Crippen LogP contribution in [0.25, 0.3) is 5.65 Å². The molecule has 5 nitrogen and oxygen atoms in total. The van der Waals surface area contributed by atoms with Gasteiger partial charge in [0.05, 0.1) is 23.4 Å². The first-order chi connectivity index (χ1) is 10.3. The number of fused-ring (bicyclic) bond motifs is 1. The number of imidazole rings is 1. The maximum absolute atomic E-state index is 4.77. The molecule has 0 saturated carbocycles. The number of thiazole rings is 1. The molecule has 3 aromatic heterocycles. The fraction of sp³-hybridized carbons (Fsp3) is 0.333. The van der Waals surface area contributed by atoms with E-state index in [1.54, 1.807) is 11.3 Å². The predicted molar refractivity (Wildman–Crippen MR) is 86.8 cm³/mol. The lowest BCUT2D eigenvalue weighted by atomic mass is 10.3. The first-order valence-corrected chi connectivity index (χ1v) is 7.98. The third kappa shape index (κ3) is 2.91. The van der Waals surface area contributed by atoms with E-state index < -0.39 is 0 Å². The molecule has 3 aromatic rings. The van der Waals surface area contributed by atoms with Crippen molar-refractivity contribution in [2.75, 3.05) is 18.5 Å². The number of nitrogens with zero attached hydrogens (tertiary/aromatic N) is 4. The third-order valence-electron chi connectivity index (χ3n) is 3.39. The number of rotatable bonds is 6. The van der Waals surface area contributed by atoms with Gasteiger partial charge in [-0.2, -0.15) is 0 Å².